The average molecular weight is 235 g/mol. The number of esters is 1. The van der Waals surface area contributed by atoms with Crippen LogP contribution < -0.4 is 5.32 Å². The van der Waals surface area contributed by atoms with Gasteiger partial charge < -0.3 is 10.1 Å². The standard InChI is InChI=1S/C13H17NO3/c1-4-17-13(16)9(2)14-12-8-6-5-7-11(12)10(3)15/h5-9,14H,4H2,1-3H3. The van der Waals surface area contributed by atoms with Crippen molar-refractivity contribution in [3.05, 3.63) is 29.8 Å². The van der Waals surface area contributed by atoms with E-state index in [2.05, 4.69) is 5.32 Å². The number of Topliss-reactive ketones (excluding diaryl/α,β-unsaturated/α-hetero) is 1. The summed E-state index contributed by atoms with van der Waals surface area (Å²) in [6.45, 7) is 5.30. The van der Waals surface area contributed by atoms with Gasteiger partial charge in [0.15, 0.2) is 5.78 Å². The molecule has 0 radical (unpaired) electrons. The third-order valence-corrected chi connectivity index (χ3v) is 2.32. The summed E-state index contributed by atoms with van der Waals surface area (Å²) >= 11 is 0. The zero-order valence-electron chi connectivity index (χ0n) is 10.3. The second-order valence-corrected chi connectivity index (χ2v) is 3.72. The van der Waals surface area contributed by atoms with Gasteiger partial charge in [-0.2, -0.15) is 0 Å². The molecule has 4 nitrogen and oxygen atoms in total. The molecule has 0 bridgehead atoms. The van der Waals surface area contributed by atoms with E-state index < -0.39 is 6.04 Å². The van der Waals surface area contributed by atoms with Crippen LogP contribution in [-0.2, 0) is 9.53 Å². The molecule has 4 heteroatoms. The third-order valence-electron chi connectivity index (χ3n) is 2.32. The fourth-order valence-corrected chi connectivity index (χ4v) is 1.48. The summed E-state index contributed by atoms with van der Waals surface area (Å²) in [5, 5.41) is 2.98. The minimum Gasteiger partial charge on any atom is -0.464 e. The number of nitrogens with one attached hydrogen (secondary N) is 1. The van der Waals surface area contributed by atoms with Crippen molar-refractivity contribution in [3.63, 3.8) is 0 Å². The van der Waals surface area contributed by atoms with Crippen LogP contribution in [0, 0.1) is 0 Å². The largest absolute Gasteiger partial charge is 0.464 e. The SMILES string of the molecule is CCOC(=O)C(C)Nc1ccccc1C(C)=O. The first-order valence-electron chi connectivity index (χ1n) is 5.59. The minimum absolute atomic E-state index is 0.0378. The Bertz CT molecular complexity index is 415. The smallest absolute Gasteiger partial charge is 0.328 e. The molecule has 0 aliphatic carbocycles. The van der Waals surface area contributed by atoms with Crippen molar-refractivity contribution >= 4 is 17.4 Å². The zero-order valence-corrected chi connectivity index (χ0v) is 10.3. The van der Waals surface area contributed by atoms with E-state index in [1.54, 1.807) is 32.0 Å². The van der Waals surface area contributed by atoms with Crippen LogP contribution in [0.3, 0.4) is 0 Å². The number of carbonyl (C=O) groups is 2. The molecule has 0 fully saturated rings. The molecule has 0 saturated heterocycles. The summed E-state index contributed by atoms with van der Waals surface area (Å²) < 4.78 is 4.89. The van der Waals surface area contributed by atoms with Crippen LogP contribution in [-0.4, -0.2) is 24.4 Å². The Morgan fingerprint density at radius 1 is 1.35 bits per heavy atom. The van der Waals surface area contributed by atoms with E-state index in [0.717, 1.165) is 0 Å². The summed E-state index contributed by atoms with van der Waals surface area (Å²) in [4.78, 5) is 22.8. The fraction of sp³-hybridized carbons (Fsp3) is 0.385. The number of rotatable bonds is 5. The maximum absolute atomic E-state index is 11.5. The van der Waals surface area contributed by atoms with Crippen molar-refractivity contribution in [3.8, 4) is 0 Å². The van der Waals surface area contributed by atoms with Gasteiger partial charge in [-0.1, -0.05) is 12.1 Å². The molecule has 0 spiro atoms. The highest BCUT2D eigenvalue weighted by atomic mass is 16.5. The second-order valence-electron chi connectivity index (χ2n) is 3.72. The molecule has 1 rings (SSSR count). The van der Waals surface area contributed by atoms with E-state index >= 15 is 0 Å². The zero-order chi connectivity index (χ0) is 12.8. The molecule has 0 aromatic heterocycles. The number of ether oxygens (including phenoxy) is 1. The van der Waals surface area contributed by atoms with Gasteiger partial charge in [-0.05, 0) is 32.9 Å². The van der Waals surface area contributed by atoms with Crippen LogP contribution in [0.1, 0.15) is 31.1 Å². The molecule has 1 atom stereocenters. The number of carbonyl (C=O) groups excluding carboxylic acids is 2. The summed E-state index contributed by atoms with van der Waals surface area (Å²) in [6.07, 6.45) is 0. The first-order valence-corrected chi connectivity index (χ1v) is 5.59. The highest BCUT2D eigenvalue weighted by molar-refractivity contribution is 6.00. The Kier molecular flexibility index (Phi) is 4.69. The Balaban J connectivity index is 2.81. The lowest BCUT2D eigenvalue weighted by Crippen LogP contribution is -2.28. The number of hydrogen-bond acceptors (Lipinski definition) is 4. The molecule has 0 heterocycles. The highest BCUT2D eigenvalue weighted by Crippen LogP contribution is 2.16. The summed E-state index contributed by atoms with van der Waals surface area (Å²) in [6, 6.07) is 6.62. The van der Waals surface area contributed by atoms with Crippen LogP contribution in [0.4, 0.5) is 5.69 Å². The van der Waals surface area contributed by atoms with Gasteiger partial charge in [0.25, 0.3) is 0 Å². The maximum atomic E-state index is 11.5. The molecule has 1 N–H and O–H groups in total. The van der Waals surface area contributed by atoms with Crippen molar-refractivity contribution in [1.82, 2.24) is 0 Å². The van der Waals surface area contributed by atoms with Crippen LogP contribution in [0.5, 0.6) is 0 Å². The van der Waals surface area contributed by atoms with Gasteiger partial charge >= 0.3 is 5.97 Å². The monoisotopic (exact) mass is 235 g/mol. The van der Waals surface area contributed by atoms with Crippen molar-refractivity contribution in [1.29, 1.82) is 0 Å². The molecule has 0 aliphatic rings. The molecule has 1 aromatic carbocycles. The van der Waals surface area contributed by atoms with Crippen LogP contribution in [0.2, 0.25) is 0 Å². The molecule has 0 aliphatic heterocycles. The number of para-hydroxylation sites is 1. The third kappa shape index (κ3) is 3.59. The molecular weight excluding hydrogens is 218 g/mol. The van der Waals surface area contributed by atoms with Gasteiger partial charge in [-0.3, -0.25) is 4.79 Å². The van der Waals surface area contributed by atoms with E-state index in [-0.39, 0.29) is 11.8 Å². The normalized spacial score (nSPS) is 11.7. The lowest BCUT2D eigenvalue weighted by molar-refractivity contribution is -0.143. The van der Waals surface area contributed by atoms with Crippen molar-refractivity contribution < 1.29 is 14.3 Å². The lowest BCUT2D eigenvalue weighted by Gasteiger charge is -2.15. The highest BCUT2D eigenvalue weighted by Gasteiger charge is 2.15. The number of anilines is 1. The molecule has 1 aromatic rings. The Morgan fingerprint density at radius 2 is 2.00 bits per heavy atom. The topological polar surface area (TPSA) is 55.4 Å². The van der Waals surface area contributed by atoms with Crippen LogP contribution in [0.25, 0.3) is 0 Å². The number of benzene rings is 1. The second kappa shape index (κ2) is 6.03. The van der Waals surface area contributed by atoms with E-state index in [0.29, 0.717) is 17.9 Å². The first-order chi connectivity index (χ1) is 8.06. The van der Waals surface area contributed by atoms with E-state index in [4.69, 9.17) is 4.74 Å². The summed E-state index contributed by atoms with van der Waals surface area (Å²) in [5.74, 6) is -0.366. The summed E-state index contributed by atoms with van der Waals surface area (Å²) in [7, 11) is 0. The predicted molar refractivity (Wildman–Crippen MR) is 66.2 cm³/mol. The van der Waals surface area contributed by atoms with Crippen molar-refractivity contribution in [2.75, 3.05) is 11.9 Å². The van der Waals surface area contributed by atoms with E-state index in [1.807, 2.05) is 6.07 Å². The van der Waals surface area contributed by atoms with Gasteiger partial charge in [-0.25, -0.2) is 4.79 Å². The van der Waals surface area contributed by atoms with Gasteiger partial charge in [0.2, 0.25) is 0 Å². The number of ketones is 1. The lowest BCUT2D eigenvalue weighted by atomic mass is 10.1. The van der Waals surface area contributed by atoms with E-state index in [1.165, 1.54) is 6.92 Å². The Hall–Kier alpha value is -1.84. The van der Waals surface area contributed by atoms with Crippen LogP contribution >= 0.6 is 0 Å². The fourth-order valence-electron chi connectivity index (χ4n) is 1.48. The molecule has 0 saturated carbocycles. The molecule has 92 valence electrons. The van der Waals surface area contributed by atoms with Gasteiger partial charge in [0.05, 0.1) is 6.61 Å². The molecular formula is C13H17NO3. The average Bonchev–Trinajstić information content (AvgIpc) is 2.29. The quantitative estimate of drug-likeness (QED) is 0.628. The van der Waals surface area contributed by atoms with Crippen molar-refractivity contribution in [2.24, 2.45) is 0 Å². The first kappa shape index (κ1) is 13.2. The Morgan fingerprint density at radius 3 is 2.59 bits per heavy atom. The van der Waals surface area contributed by atoms with Gasteiger partial charge in [0.1, 0.15) is 6.04 Å². The van der Waals surface area contributed by atoms with Gasteiger partial charge in [-0.15, -0.1) is 0 Å². The van der Waals surface area contributed by atoms with E-state index in [9.17, 15) is 9.59 Å². The van der Waals surface area contributed by atoms with Crippen LogP contribution in [0.15, 0.2) is 24.3 Å². The molecule has 0 amide bonds. The molecule has 17 heavy (non-hydrogen) atoms. The van der Waals surface area contributed by atoms with Gasteiger partial charge in [0, 0.05) is 11.3 Å². The minimum atomic E-state index is -0.476. The Labute approximate surface area is 101 Å². The maximum Gasteiger partial charge on any atom is 0.328 e. The number of hydrogen-bond donors (Lipinski definition) is 1. The summed E-state index contributed by atoms with van der Waals surface area (Å²) in [5.41, 5.74) is 1.23. The molecule has 1 unspecified atom stereocenters. The van der Waals surface area contributed by atoms with Crippen molar-refractivity contribution in [2.45, 2.75) is 26.8 Å². The predicted octanol–water partition coefficient (Wildman–Crippen LogP) is 2.25.